The van der Waals surface area contributed by atoms with Crippen molar-refractivity contribution >= 4 is 39.6 Å². The molecule has 0 spiro atoms. The smallest absolute Gasteiger partial charge is 0.241 e. The minimum atomic E-state index is -0.451. The second-order valence-electron chi connectivity index (χ2n) is 6.51. The van der Waals surface area contributed by atoms with Crippen molar-refractivity contribution in [3.05, 3.63) is 66.2 Å². The molecule has 1 N–H and O–H groups in total. The summed E-state index contributed by atoms with van der Waals surface area (Å²) >= 11 is 0. The molecule has 28 heavy (non-hydrogen) atoms. The summed E-state index contributed by atoms with van der Waals surface area (Å²) in [4.78, 5) is 26.7. The van der Waals surface area contributed by atoms with Gasteiger partial charge >= 0.3 is 0 Å². The molecule has 3 aromatic carbocycles. The zero-order chi connectivity index (χ0) is 19.1. The average molecular weight is 370 g/mol. The molecule has 2 amide bonds. The Morgan fingerprint density at radius 3 is 2.43 bits per heavy atom. The van der Waals surface area contributed by atoms with Crippen molar-refractivity contribution < 1.29 is 9.59 Å². The van der Waals surface area contributed by atoms with Crippen molar-refractivity contribution in [3.63, 3.8) is 0 Å². The maximum absolute atomic E-state index is 12.9. The van der Waals surface area contributed by atoms with Gasteiger partial charge in [0.05, 0.1) is 11.4 Å². The number of hydrogen-bond donors (Lipinski definition) is 1. The van der Waals surface area contributed by atoms with Crippen molar-refractivity contribution in [2.75, 3.05) is 10.2 Å². The van der Waals surface area contributed by atoms with Crippen LogP contribution >= 0.6 is 0 Å². The first-order chi connectivity index (χ1) is 13.7. The summed E-state index contributed by atoms with van der Waals surface area (Å²) in [5.74, 6) is -0.618. The highest BCUT2D eigenvalue weighted by atomic mass is 16.2. The number of hydrogen-bond acceptors (Lipinski definition) is 6. The number of anilines is 3. The second kappa shape index (κ2) is 6.34. The van der Waals surface area contributed by atoms with Crippen molar-refractivity contribution in [1.82, 2.24) is 0 Å². The first-order valence-electron chi connectivity index (χ1n) is 8.75. The van der Waals surface area contributed by atoms with Gasteiger partial charge in [0, 0.05) is 16.6 Å². The van der Waals surface area contributed by atoms with Gasteiger partial charge in [-0.1, -0.05) is 42.5 Å². The molecule has 0 atom stereocenters. The minimum absolute atomic E-state index is 0.226. The highest BCUT2D eigenvalue weighted by Gasteiger charge is 2.28. The highest BCUT2D eigenvalue weighted by molar-refractivity contribution is 6.21. The number of benzene rings is 3. The van der Waals surface area contributed by atoms with Crippen molar-refractivity contribution in [1.29, 1.82) is 0 Å². The fourth-order valence-electron chi connectivity index (χ4n) is 3.49. The molecule has 0 radical (unpaired) electrons. The van der Waals surface area contributed by atoms with Crippen molar-refractivity contribution in [3.8, 4) is 0 Å². The molecule has 0 unspecified atom stereocenters. The lowest BCUT2D eigenvalue weighted by Crippen LogP contribution is -2.26. The van der Waals surface area contributed by atoms with Gasteiger partial charge in [0.25, 0.3) is 0 Å². The number of carbonyl (C=O) groups excluding carboxylic acids is 2. The predicted molar refractivity (Wildman–Crippen MR) is 103 cm³/mol. The second-order valence-corrected chi connectivity index (χ2v) is 6.51. The highest BCUT2D eigenvalue weighted by Crippen LogP contribution is 2.40. The van der Waals surface area contributed by atoms with E-state index in [9.17, 15) is 9.59 Å². The van der Waals surface area contributed by atoms with Gasteiger partial charge in [0.2, 0.25) is 18.0 Å². The van der Waals surface area contributed by atoms with Gasteiger partial charge in [-0.15, -0.1) is 10.2 Å². The van der Waals surface area contributed by atoms with Crippen LogP contribution in [0.15, 0.2) is 81.3 Å². The van der Waals surface area contributed by atoms with Crippen LogP contribution in [0.3, 0.4) is 0 Å². The Balaban J connectivity index is 1.64. The van der Waals surface area contributed by atoms with Crippen LogP contribution in [0.25, 0.3) is 10.8 Å². The van der Waals surface area contributed by atoms with Crippen molar-refractivity contribution in [2.24, 2.45) is 20.7 Å². The lowest BCUT2D eigenvalue weighted by Gasteiger charge is -2.23. The number of carbonyl (C=O) groups is 2. The maximum atomic E-state index is 12.9. The number of rotatable bonds is 2. The van der Waals surface area contributed by atoms with Crippen LogP contribution in [-0.4, -0.2) is 11.8 Å². The van der Waals surface area contributed by atoms with Gasteiger partial charge in [-0.25, -0.2) is 0 Å². The van der Waals surface area contributed by atoms with Gasteiger partial charge in [-0.05, 0) is 34.0 Å². The summed E-state index contributed by atoms with van der Waals surface area (Å²) in [6, 6.07) is 18.8. The summed E-state index contributed by atoms with van der Waals surface area (Å²) in [5, 5.41) is 19.6. The normalized spacial score (nSPS) is 16.4. The standard InChI is InChI=1S/C20H14N6O2/c27-17-11-18(28)26(14-8-5-13(6-9-14)20-22-24-25-23-20)16-10-7-12-3-1-2-4-15(12)19(16)21-17/h1-10,20H,11H2,(H,21,27). The Morgan fingerprint density at radius 1 is 0.893 bits per heavy atom. The van der Waals surface area contributed by atoms with E-state index in [1.54, 1.807) is 4.90 Å². The SMILES string of the molecule is O=C1CC(=O)N(c2ccc(C3N=NN=N3)cc2)c2ccc3ccccc3c2N1. The Labute approximate surface area is 159 Å². The third-order valence-corrected chi connectivity index (χ3v) is 4.78. The van der Waals surface area contributed by atoms with E-state index in [0.717, 1.165) is 16.3 Å². The molecule has 0 aromatic heterocycles. The molecule has 0 fully saturated rings. The average Bonchev–Trinajstić information content (AvgIpc) is 3.21. The van der Waals surface area contributed by atoms with E-state index in [-0.39, 0.29) is 18.2 Å². The van der Waals surface area contributed by atoms with Gasteiger partial charge < -0.3 is 5.32 Å². The molecular formula is C20H14N6O2. The summed E-state index contributed by atoms with van der Waals surface area (Å²) in [6.45, 7) is 0. The lowest BCUT2D eigenvalue weighted by molar-refractivity contribution is -0.124. The predicted octanol–water partition coefficient (Wildman–Crippen LogP) is 4.68. The zero-order valence-corrected chi connectivity index (χ0v) is 14.6. The Morgan fingerprint density at radius 2 is 1.64 bits per heavy atom. The van der Waals surface area contributed by atoms with Gasteiger partial charge in [-0.3, -0.25) is 14.5 Å². The summed E-state index contributed by atoms with van der Waals surface area (Å²) < 4.78 is 0. The third-order valence-electron chi connectivity index (χ3n) is 4.78. The van der Waals surface area contributed by atoms with Gasteiger partial charge in [0.15, 0.2) is 0 Å². The quantitative estimate of drug-likeness (QED) is 0.663. The van der Waals surface area contributed by atoms with Crippen LogP contribution < -0.4 is 10.2 Å². The minimum Gasteiger partial charge on any atom is -0.323 e. The molecule has 8 nitrogen and oxygen atoms in total. The molecule has 136 valence electrons. The summed E-state index contributed by atoms with van der Waals surface area (Å²) in [6.07, 6.45) is -0.677. The van der Waals surface area contributed by atoms with E-state index in [4.69, 9.17) is 0 Å². The lowest BCUT2D eigenvalue weighted by atomic mass is 10.1. The largest absolute Gasteiger partial charge is 0.323 e. The molecule has 0 saturated carbocycles. The fraction of sp³-hybridized carbons (Fsp3) is 0.100. The third kappa shape index (κ3) is 2.62. The topological polar surface area (TPSA) is 98.9 Å². The van der Waals surface area contributed by atoms with E-state index in [0.29, 0.717) is 17.1 Å². The van der Waals surface area contributed by atoms with E-state index >= 15 is 0 Å². The molecule has 0 saturated heterocycles. The van der Waals surface area contributed by atoms with Crippen LogP contribution in [0.4, 0.5) is 17.1 Å². The number of nitrogens with zero attached hydrogens (tertiary/aromatic N) is 5. The summed E-state index contributed by atoms with van der Waals surface area (Å²) in [5.41, 5.74) is 2.76. The van der Waals surface area contributed by atoms with E-state index < -0.39 is 6.17 Å². The van der Waals surface area contributed by atoms with E-state index in [1.165, 1.54) is 0 Å². The Kier molecular flexibility index (Phi) is 3.68. The Bertz CT molecular complexity index is 1160. The fourth-order valence-corrected chi connectivity index (χ4v) is 3.49. The molecule has 3 aromatic rings. The maximum Gasteiger partial charge on any atom is 0.241 e. The van der Waals surface area contributed by atoms with Crippen molar-refractivity contribution in [2.45, 2.75) is 12.6 Å². The van der Waals surface area contributed by atoms with Crippen LogP contribution in [0.2, 0.25) is 0 Å². The first-order valence-corrected chi connectivity index (χ1v) is 8.75. The molecule has 5 rings (SSSR count). The first kappa shape index (κ1) is 16.2. The number of nitrogens with one attached hydrogen (secondary N) is 1. The van der Waals surface area contributed by atoms with Crippen LogP contribution in [0, 0.1) is 0 Å². The number of amides is 2. The monoisotopic (exact) mass is 370 g/mol. The van der Waals surface area contributed by atoms with Crippen LogP contribution in [0.1, 0.15) is 18.2 Å². The Hall–Kier alpha value is -3.94. The van der Waals surface area contributed by atoms with E-state index in [2.05, 4.69) is 26.0 Å². The molecule has 2 aliphatic rings. The van der Waals surface area contributed by atoms with E-state index in [1.807, 2.05) is 60.7 Å². The summed E-state index contributed by atoms with van der Waals surface area (Å²) in [7, 11) is 0. The zero-order valence-electron chi connectivity index (χ0n) is 14.6. The van der Waals surface area contributed by atoms with Gasteiger partial charge in [-0.2, -0.15) is 0 Å². The molecule has 2 aliphatic heterocycles. The molecule has 2 heterocycles. The van der Waals surface area contributed by atoms with Gasteiger partial charge in [0.1, 0.15) is 6.42 Å². The molecule has 0 bridgehead atoms. The van der Waals surface area contributed by atoms with Crippen LogP contribution in [-0.2, 0) is 9.59 Å². The molecule has 0 aliphatic carbocycles. The molecule has 8 heteroatoms. The van der Waals surface area contributed by atoms with Crippen LogP contribution in [0.5, 0.6) is 0 Å². The molecular weight excluding hydrogens is 356 g/mol. The number of fused-ring (bicyclic) bond motifs is 3.